The van der Waals surface area contributed by atoms with Gasteiger partial charge in [0.25, 0.3) is 0 Å². The molecule has 1 amide bonds. The molecular formula is C19H22N2O2. The molecule has 3 rings (SSSR count). The van der Waals surface area contributed by atoms with Crippen LogP contribution in [0.25, 0.3) is 0 Å². The van der Waals surface area contributed by atoms with Crippen molar-refractivity contribution in [2.75, 3.05) is 0 Å². The molecule has 2 aliphatic rings. The Balaban J connectivity index is 1.72. The Labute approximate surface area is 136 Å². The quantitative estimate of drug-likeness (QED) is 0.871. The van der Waals surface area contributed by atoms with Gasteiger partial charge < -0.3 is 5.32 Å². The zero-order valence-electron chi connectivity index (χ0n) is 13.5. The Morgan fingerprint density at radius 1 is 1.35 bits per heavy atom. The van der Waals surface area contributed by atoms with E-state index < -0.39 is 0 Å². The molecule has 120 valence electrons. The summed E-state index contributed by atoms with van der Waals surface area (Å²) in [6.07, 6.45) is 6.08. The molecule has 0 radical (unpaired) electrons. The van der Waals surface area contributed by atoms with Gasteiger partial charge in [-0.25, -0.2) is 0 Å². The number of nitrogens with zero attached hydrogens (tertiary/aromatic N) is 1. The molecule has 0 aliphatic heterocycles. The molecule has 0 atom stereocenters. The van der Waals surface area contributed by atoms with E-state index in [0.717, 1.165) is 43.4 Å². The molecule has 0 unspecified atom stereocenters. The minimum Gasteiger partial charge on any atom is -0.331 e. The SMILES string of the molecule is C=N/C(=C\NC(C)=O)C1CCC2(CC1)Cc1ccccc1C2=O. The molecule has 23 heavy (non-hydrogen) atoms. The van der Waals surface area contributed by atoms with Crippen molar-refractivity contribution in [1.29, 1.82) is 0 Å². The first-order chi connectivity index (χ1) is 11.1. The van der Waals surface area contributed by atoms with Gasteiger partial charge >= 0.3 is 0 Å². The van der Waals surface area contributed by atoms with Crippen LogP contribution in [0.5, 0.6) is 0 Å². The van der Waals surface area contributed by atoms with Gasteiger partial charge in [-0.2, -0.15) is 0 Å². The van der Waals surface area contributed by atoms with Crippen LogP contribution >= 0.6 is 0 Å². The lowest BCUT2D eigenvalue weighted by molar-refractivity contribution is -0.118. The van der Waals surface area contributed by atoms with Crippen LogP contribution in [0.2, 0.25) is 0 Å². The smallest absolute Gasteiger partial charge is 0.220 e. The second-order valence-electron chi connectivity index (χ2n) is 6.65. The van der Waals surface area contributed by atoms with E-state index in [1.807, 2.05) is 18.2 Å². The van der Waals surface area contributed by atoms with Crippen molar-refractivity contribution in [2.24, 2.45) is 16.3 Å². The fraction of sp³-hybridized carbons (Fsp3) is 0.421. The zero-order chi connectivity index (χ0) is 16.4. The molecule has 1 aromatic carbocycles. The molecule has 2 aliphatic carbocycles. The largest absolute Gasteiger partial charge is 0.331 e. The predicted molar refractivity (Wildman–Crippen MR) is 90.3 cm³/mol. The molecule has 0 saturated heterocycles. The van der Waals surface area contributed by atoms with Crippen molar-refractivity contribution in [1.82, 2.24) is 5.32 Å². The van der Waals surface area contributed by atoms with Crippen molar-refractivity contribution < 1.29 is 9.59 Å². The molecule has 1 spiro atoms. The molecule has 1 saturated carbocycles. The van der Waals surface area contributed by atoms with Crippen LogP contribution in [0, 0.1) is 11.3 Å². The highest BCUT2D eigenvalue weighted by molar-refractivity contribution is 6.05. The van der Waals surface area contributed by atoms with Crippen molar-refractivity contribution >= 4 is 18.4 Å². The van der Waals surface area contributed by atoms with Gasteiger partial charge in [-0.3, -0.25) is 14.6 Å². The fourth-order valence-electron chi connectivity index (χ4n) is 3.96. The number of aliphatic imine (C=N–C) groups is 1. The van der Waals surface area contributed by atoms with E-state index in [-0.39, 0.29) is 17.2 Å². The van der Waals surface area contributed by atoms with E-state index in [2.05, 4.69) is 23.1 Å². The third-order valence-electron chi connectivity index (χ3n) is 5.24. The first kappa shape index (κ1) is 15.7. The topological polar surface area (TPSA) is 58.5 Å². The van der Waals surface area contributed by atoms with Crippen LogP contribution in [0.3, 0.4) is 0 Å². The van der Waals surface area contributed by atoms with Gasteiger partial charge in [0.1, 0.15) is 0 Å². The third kappa shape index (κ3) is 2.85. The van der Waals surface area contributed by atoms with E-state index in [4.69, 9.17) is 0 Å². The Bertz CT molecular complexity index is 682. The number of hydrogen-bond donors (Lipinski definition) is 1. The van der Waals surface area contributed by atoms with Gasteiger partial charge in [-0.15, -0.1) is 0 Å². The standard InChI is InChI=1S/C19H22N2O2/c1-13(22)21-12-17(20-2)14-7-9-19(10-8-14)11-15-5-3-4-6-16(15)18(19)23/h3-6,12,14H,2,7-11H2,1H3,(H,21,22)/b17-12-. The summed E-state index contributed by atoms with van der Waals surface area (Å²) in [5, 5.41) is 2.68. The van der Waals surface area contributed by atoms with Crippen LogP contribution in [0.1, 0.15) is 48.5 Å². The number of ketones is 1. The molecule has 4 heteroatoms. The Morgan fingerprint density at radius 3 is 2.65 bits per heavy atom. The normalized spacial score (nSPS) is 26.9. The van der Waals surface area contributed by atoms with Crippen molar-refractivity contribution in [2.45, 2.75) is 39.0 Å². The predicted octanol–water partition coefficient (Wildman–Crippen LogP) is 3.28. The van der Waals surface area contributed by atoms with Crippen molar-refractivity contribution in [3.8, 4) is 0 Å². The Morgan fingerprint density at radius 2 is 2.04 bits per heavy atom. The summed E-state index contributed by atoms with van der Waals surface area (Å²) >= 11 is 0. The van der Waals surface area contributed by atoms with Gasteiger partial charge in [0, 0.05) is 30.0 Å². The summed E-state index contributed by atoms with van der Waals surface area (Å²) in [7, 11) is 0. The number of Topliss-reactive ketones (excluding diaryl/α,β-unsaturated/α-hetero) is 1. The molecular weight excluding hydrogens is 288 g/mol. The number of carbonyl (C=O) groups excluding carboxylic acids is 2. The first-order valence-corrected chi connectivity index (χ1v) is 8.12. The highest BCUT2D eigenvalue weighted by atomic mass is 16.1. The Hall–Kier alpha value is -2.23. The Kier molecular flexibility index (Phi) is 4.16. The molecule has 1 aromatic rings. The van der Waals surface area contributed by atoms with Crippen LogP contribution < -0.4 is 5.32 Å². The number of hydrogen-bond acceptors (Lipinski definition) is 3. The van der Waals surface area contributed by atoms with Gasteiger partial charge in [-0.05, 0) is 44.4 Å². The first-order valence-electron chi connectivity index (χ1n) is 8.12. The van der Waals surface area contributed by atoms with E-state index in [1.54, 1.807) is 6.20 Å². The number of allylic oxidation sites excluding steroid dienone is 1. The number of benzene rings is 1. The van der Waals surface area contributed by atoms with E-state index >= 15 is 0 Å². The average molecular weight is 310 g/mol. The maximum Gasteiger partial charge on any atom is 0.220 e. The van der Waals surface area contributed by atoms with Crippen LogP contribution in [0.4, 0.5) is 0 Å². The summed E-state index contributed by atoms with van der Waals surface area (Å²) in [5.74, 6) is 0.465. The van der Waals surface area contributed by atoms with Gasteiger partial charge in [0.15, 0.2) is 5.78 Å². The fourth-order valence-corrected chi connectivity index (χ4v) is 3.96. The van der Waals surface area contributed by atoms with Crippen LogP contribution in [-0.2, 0) is 11.2 Å². The summed E-state index contributed by atoms with van der Waals surface area (Å²) in [6, 6.07) is 7.97. The number of amides is 1. The number of carbonyl (C=O) groups is 2. The minimum atomic E-state index is -0.222. The van der Waals surface area contributed by atoms with E-state index in [9.17, 15) is 9.59 Å². The lowest BCUT2D eigenvalue weighted by Crippen LogP contribution is -2.33. The van der Waals surface area contributed by atoms with Crippen molar-refractivity contribution in [3.05, 3.63) is 47.3 Å². The second-order valence-corrected chi connectivity index (χ2v) is 6.65. The minimum absolute atomic E-state index is 0.111. The number of nitrogens with one attached hydrogen (secondary N) is 1. The molecule has 0 heterocycles. The summed E-state index contributed by atoms with van der Waals surface area (Å²) < 4.78 is 0. The molecule has 4 nitrogen and oxygen atoms in total. The second kappa shape index (κ2) is 6.11. The molecule has 1 fully saturated rings. The van der Waals surface area contributed by atoms with Crippen molar-refractivity contribution in [3.63, 3.8) is 0 Å². The maximum absolute atomic E-state index is 12.8. The van der Waals surface area contributed by atoms with E-state index in [0.29, 0.717) is 5.78 Å². The summed E-state index contributed by atoms with van der Waals surface area (Å²) in [6.45, 7) is 5.09. The van der Waals surface area contributed by atoms with Gasteiger partial charge in [0.05, 0.1) is 5.70 Å². The number of fused-ring (bicyclic) bond motifs is 1. The number of rotatable bonds is 3. The van der Waals surface area contributed by atoms with Crippen LogP contribution in [-0.4, -0.2) is 18.4 Å². The summed E-state index contributed by atoms with van der Waals surface area (Å²) in [4.78, 5) is 28.0. The third-order valence-corrected chi connectivity index (χ3v) is 5.24. The summed E-state index contributed by atoms with van der Waals surface area (Å²) in [5.41, 5.74) is 2.69. The monoisotopic (exact) mass is 310 g/mol. The highest BCUT2D eigenvalue weighted by Gasteiger charge is 2.47. The van der Waals surface area contributed by atoms with E-state index in [1.165, 1.54) is 12.5 Å². The average Bonchev–Trinajstić information content (AvgIpc) is 2.82. The molecule has 0 bridgehead atoms. The zero-order valence-corrected chi connectivity index (χ0v) is 13.5. The molecule has 1 N–H and O–H groups in total. The lowest BCUT2D eigenvalue weighted by atomic mass is 9.67. The molecule has 0 aromatic heterocycles. The highest BCUT2D eigenvalue weighted by Crippen LogP contribution is 2.49. The van der Waals surface area contributed by atoms with Crippen LogP contribution in [0.15, 0.2) is 41.2 Å². The maximum atomic E-state index is 12.8. The van der Waals surface area contributed by atoms with Gasteiger partial charge in [-0.1, -0.05) is 24.3 Å². The lowest BCUT2D eigenvalue weighted by Gasteiger charge is -2.36. The van der Waals surface area contributed by atoms with Gasteiger partial charge in [0.2, 0.25) is 5.91 Å².